The fourth-order valence-corrected chi connectivity index (χ4v) is 3.82. The molecule has 116 valence electrons. The molecule has 0 aliphatic carbocycles. The lowest BCUT2D eigenvalue weighted by Crippen LogP contribution is -2.18. The van der Waals surface area contributed by atoms with Gasteiger partial charge in [0.15, 0.2) is 6.29 Å². The monoisotopic (exact) mass is 334 g/mol. The van der Waals surface area contributed by atoms with Crippen LogP contribution in [0.1, 0.15) is 6.42 Å². The van der Waals surface area contributed by atoms with E-state index in [-0.39, 0.29) is 28.4 Å². The molecular formula is C11H14N2O6S2. The smallest absolute Gasteiger partial charge is 0.229 e. The van der Waals surface area contributed by atoms with Crippen molar-refractivity contribution in [2.75, 3.05) is 16.3 Å². The molecule has 1 aromatic carbocycles. The van der Waals surface area contributed by atoms with Gasteiger partial charge >= 0.3 is 0 Å². The van der Waals surface area contributed by atoms with Crippen LogP contribution in [0, 0.1) is 0 Å². The summed E-state index contributed by atoms with van der Waals surface area (Å²) in [4.78, 5) is -0.0904. The van der Waals surface area contributed by atoms with Crippen LogP contribution in [0.4, 0.5) is 11.4 Å². The standard InChI is InChI=1S/C11H14N2O6S2/c1-20(16,17)13-7-2-3-9-10(4-7)21(18,19)6-8(12-9)5-11(14)15/h2-4,6,11-15H,5H2,1H3. The van der Waals surface area contributed by atoms with Crippen molar-refractivity contribution in [2.24, 2.45) is 0 Å². The largest absolute Gasteiger partial charge is 0.368 e. The van der Waals surface area contributed by atoms with Gasteiger partial charge in [-0.25, -0.2) is 16.8 Å². The molecule has 0 bridgehead atoms. The van der Waals surface area contributed by atoms with E-state index in [0.29, 0.717) is 0 Å². The molecule has 21 heavy (non-hydrogen) atoms. The Morgan fingerprint density at radius 2 is 2.00 bits per heavy atom. The van der Waals surface area contributed by atoms with Gasteiger partial charge in [0.25, 0.3) is 0 Å². The Balaban J connectivity index is 2.42. The summed E-state index contributed by atoms with van der Waals surface area (Å²) in [6.45, 7) is 0. The molecule has 8 nitrogen and oxygen atoms in total. The van der Waals surface area contributed by atoms with Gasteiger partial charge in [0.2, 0.25) is 19.9 Å². The number of aliphatic hydroxyl groups is 2. The molecule has 0 saturated heterocycles. The van der Waals surface area contributed by atoms with Gasteiger partial charge in [-0.2, -0.15) is 0 Å². The second-order valence-corrected chi connectivity index (χ2v) is 8.10. The third-order valence-electron chi connectivity index (χ3n) is 2.59. The van der Waals surface area contributed by atoms with Crippen molar-refractivity contribution < 1.29 is 27.0 Å². The van der Waals surface area contributed by atoms with Crippen LogP contribution in [0.5, 0.6) is 0 Å². The van der Waals surface area contributed by atoms with E-state index >= 15 is 0 Å². The molecule has 10 heteroatoms. The molecule has 0 aromatic heterocycles. The number of nitrogens with one attached hydrogen (secondary N) is 2. The maximum atomic E-state index is 12.1. The average molecular weight is 334 g/mol. The van der Waals surface area contributed by atoms with Gasteiger partial charge in [-0.3, -0.25) is 4.72 Å². The number of sulfone groups is 1. The summed E-state index contributed by atoms with van der Waals surface area (Å²) in [7, 11) is -7.31. The second-order valence-electron chi connectivity index (χ2n) is 4.58. The normalized spacial score (nSPS) is 16.9. The zero-order valence-electron chi connectivity index (χ0n) is 10.9. The molecule has 0 spiro atoms. The van der Waals surface area contributed by atoms with Gasteiger partial charge in [-0.1, -0.05) is 0 Å². The lowest BCUT2D eigenvalue weighted by molar-refractivity contribution is -0.0378. The Labute approximate surface area is 122 Å². The van der Waals surface area contributed by atoms with Crippen molar-refractivity contribution in [2.45, 2.75) is 17.6 Å². The Morgan fingerprint density at radius 1 is 1.33 bits per heavy atom. The molecule has 2 rings (SSSR count). The van der Waals surface area contributed by atoms with Crippen molar-refractivity contribution in [1.82, 2.24) is 0 Å². The summed E-state index contributed by atoms with van der Waals surface area (Å²) >= 11 is 0. The van der Waals surface area contributed by atoms with Crippen LogP contribution in [-0.2, 0) is 19.9 Å². The highest BCUT2D eigenvalue weighted by Crippen LogP contribution is 2.33. The zero-order valence-corrected chi connectivity index (χ0v) is 12.6. The quantitative estimate of drug-likeness (QED) is 0.560. The van der Waals surface area contributed by atoms with Crippen molar-refractivity contribution in [3.63, 3.8) is 0 Å². The molecule has 0 atom stereocenters. The lowest BCUT2D eigenvalue weighted by Gasteiger charge is -2.20. The number of benzene rings is 1. The number of sulfonamides is 1. The van der Waals surface area contributed by atoms with E-state index in [1.165, 1.54) is 18.2 Å². The maximum Gasteiger partial charge on any atom is 0.229 e. The predicted octanol–water partition coefficient (Wildman–Crippen LogP) is -0.201. The van der Waals surface area contributed by atoms with E-state index in [1.54, 1.807) is 0 Å². The average Bonchev–Trinajstić information content (AvgIpc) is 2.26. The molecule has 0 unspecified atom stereocenters. The van der Waals surface area contributed by atoms with Crippen molar-refractivity contribution in [3.8, 4) is 0 Å². The second kappa shape index (κ2) is 5.30. The molecule has 1 heterocycles. The first-order valence-electron chi connectivity index (χ1n) is 5.77. The minimum Gasteiger partial charge on any atom is -0.368 e. The number of hydrogen-bond acceptors (Lipinski definition) is 7. The van der Waals surface area contributed by atoms with E-state index in [0.717, 1.165) is 11.7 Å². The van der Waals surface area contributed by atoms with Gasteiger partial charge in [0.05, 0.1) is 22.2 Å². The SMILES string of the molecule is CS(=O)(=O)Nc1ccc2c(c1)S(=O)(=O)C=C(CC(O)O)N2. The third-order valence-corrected chi connectivity index (χ3v) is 4.74. The molecule has 1 aromatic rings. The maximum absolute atomic E-state index is 12.1. The van der Waals surface area contributed by atoms with Crippen LogP contribution < -0.4 is 10.0 Å². The van der Waals surface area contributed by atoms with E-state index in [2.05, 4.69) is 10.0 Å². The summed E-state index contributed by atoms with van der Waals surface area (Å²) in [5.74, 6) is 0. The Morgan fingerprint density at radius 3 is 2.57 bits per heavy atom. The highest BCUT2D eigenvalue weighted by Gasteiger charge is 2.24. The van der Waals surface area contributed by atoms with Crippen LogP contribution in [-0.4, -0.2) is 39.6 Å². The Hall–Kier alpha value is -1.62. The molecule has 0 fully saturated rings. The van der Waals surface area contributed by atoms with Crippen molar-refractivity contribution >= 4 is 31.2 Å². The van der Waals surface area contributed by atoms with Gasteiger partial charge < -0.3 is 15.5 Å². The van der Waals surface area contributed by atoms with Crippen LogP contribution in [0.3, 0.4) is 0 Å². The summed E-state index contributed by atoms with van der Waals surface area (Å²) in [6.07, 6.45) is -0.978. The molecule has 0 radical (unpaired) electrons. The fraction of sp³-hybridized carbons (Fsp3) is 0.273. The minimum absolute atomic E-state index is 0.0904. The number of rotatable bonds is 4. The van der Waals surface area contributed by atoms with Gasteiger partial charge in [-0.15, -0.1) is 0 Å². The Kier molecular flexibility index (Phi) is 3.97. The number of anilines is 2. The Bertz CT molecular complexity index is 796. The third kappa shape index (κ3) is 3.94. The molecular weight excluding hydrogens is 320 g/mol. The van der Waals surface area contributed by atoms with Crippen LogP contribution in [0.15, 0.2) is 34.2 Å². The number of fused-ring (bicyclic) bond motifs is 1. The van der Waals surface area contributed by atoms with E-state index in [4.69, 9.17) is 10.2 Å². The molecule has 4 N–H and O–H groups in total. The molecule has 1 aliphatic heterocycles. The molecule has 0 amide bonds. The topological polar surface area (TPSA) is 133 Å². The highest BCUT2D eigenvalue weighted by atomic mass is 32.2. The van der Waals surface area contributed by atoms with Gasteiger partial charge in [0.1, 0.15) is 0 Å². The van der Waals surface area contributed by atoms with Gasteiger partial charge in [0, 0.05) is 17.8 Å². The first kappa shape index (κ1) is 15.8. The van der Waals surface area contributed by atoms with Crippen LogP contribution in [0.25, 0.3) is 0 Å². The predicted molar refractivity (Wildman–Crippen MR) is 76.6 cm³/mol. The van der Waals surface area contributed by atoms with Crippen molar-refractivity contribution in [1.29, 1.82) is 0 Å². The van der Waals surface area contributed by atoms with E-state index < -0.39 is 26.2 Å². The first-order valence-corrected chi connectivity index (χ1v) is 9.21. The summed E-state index contributed by atoms with van der Waals surface area (Å²) in [5, 5.41) is 21.4. The first-order chi connectivity index (χ1) is 9.57. The van der Waals surface area contributed by atoms with E-state index in [1.807, 2.05) is 0 Å². The fourth-order valence-electron chi connectivity index (χ4n) is 1.89. The van der Waals surface area contributed by atoms with Crippen LogP contribution in [0.2, 0.25) is 0 Å². The number of hydrogen-bond donors (Lipinski definition) is 4. The van der Waals surface area contributed by atoms with Crippen LogP contribution >= 0.6 is 0 Å². The minimum atomic E-state index is -3.80. The molecule has 1 aliphatic rings. The lowest BCUT2D eigenvalue weighted by atomic mass is 10.2. The summed E-state index contributed by atoms with van der Waals surface area (Å²) < 4.78 is 48.8. The number of aliphatic hydroxyl groups excluding tert-OH is 1. The van der Waals surface area contributed by atoms with Crippen molar-refractivity contribution in [3.05, 3.63) is 29.3 Å². The zero-order chi connectivity index (χ0) is 15.8. The van der Waals surface area contributed by atoms with Gasteiger partial charge in [-0.05, 0) is 18.2 Å². The summed E-state index contributed by atoms with van der Waals surface area (Å²) in [6, 6.07) is 4.00. The van der Waals surface area contributed by atoms with E-state index in [9.17, 15) is 16.8 Å². The molecule has 0 saturated carbocycles. The summed E-state index contributed by atoms with van der Waals surface area (Å²) in [5.41, 5.74) is 0.509. The highest BCUT2D eigenvalue weighted by molar-refractivity contribution is 7.94.